The minimum absolute atomic E-state index is 0. The van der Waals surface area contributed by atoms with Crippen molar-refractivity contribution < 1.29 is 14.3 Å². The van der Waals surface area contributed by atoms with Crippen LogP contribution >= 0.6 is 12.4 Å². The van der Waals surface area contributed by atoms with Gasteiger partial charge in [0, 0.05) is 23.7 Å². The van der Waals surface area contributed by atoms with Crippen LogP contribution in [0.25, 0.3) is 0 Å². The molecule has 2 bridgehead atoms. The third-order valence-corrected chi connectivity index (χ3v) is 4.57. The van der Waals surface area contributed by atoms with Crippen molar-refractivity contribution in [1.82, 2.24) is 10.6 Å². The Bertz CT molecular complexity index is 567. The van der Waals surface area contributed by atoms with Gasteiger partial charge in [0.15, 0.2) is 0 Å². The van der Waals surface area contributed by atoms with E-state index in [2.05, 4.69) is 10.6 Å². The van der Waals surface area contributed by atoms with Crippen molar-refractivity contribution in [2.45, 2.75) is 50.2 Å². The summed E-state index contributed by atoms with van der Waals surface area (Å²) in [4.78, 5) is 23.0. The molecule has 1 aromatic carbocycles. The Balaban J connectivity index is 0.00000208. The van der Waals surface area contributed by atoms with Crippen LogP contribution in [0.3, 0.4) is 0 Å². The second-order valence-corrected chi connectivity index (χ2v) is 6.36. The zero-order valence-electron chi connectivity index (χ0n) is 13.5. The molecule has 132 valence electrons. The van der Waals surface area contributed by atoms with Gasteiger partial charge in [-0.05, 0) is 49.9 Å². The first-order valence-electron chi connectivity index (χ1n) is 8.18. The molecule has 2 aliphatic rings. The largest absolute Gasteiger partial charge is 0.493 e. The number of piperidine rings is 1. The van der Waals surface area contributed by atoms with E-state index in [1.165, 1.54) is 12.8 Å². The number of primary amides is 1. The van der Waals surface area contributed by atoms with Crippen molar-refractivity contribution in [3.63, 3.8) is 0 Å². The van der Waals surface area contributed by atoms with Gasteiger partial charge in [-0.15, -0.1) is 12.4 Å². The molecule has 0 aliphatic carbocycles. The summed E-state index contributed by atoms with van der Waals surface area (Å²) >= 11 is 0. The van der Waals surface area contributed by atoms with E-state index in [0.717, 1.165) is 12.8 Å². The molecule has 2 heterocycles. The molecule has 2 amide bonds. The van der Waals surface area contributed by atoms with E-state index in [1.807, 2.05) is 0 Å². The lowest BCUT2D eigenvalue weighted by atomic mass is 10.00. The molecule has 7 heteroatoms. The highest BCUT2D eigenvalue weighted by atomic mass is 35.5. The molecule has 2 unspecified atom stereocenters. The van der Waals surface area contributed by atoms with Gasteiger partial charge in [0.2, 0.25) is 11.8 Å². The van der Waals surface area contributed by atoms with Crippen molar-refractivity contribution in [2.75, 3.05) is 6.61 Å². The second-order valence-electron chi connectivity index (χ2n) is 6.36. The molecular weight excluding hydrogens is 330 g/mol. The standard InChI is InChI=1S/C17H23N3O3.ClH/c18-17(22)11-1-5-15(6-2-11)23-8-7-16(21)20-14-9-12-3-4-13(10-14)19-12;/h1-2,5-6,12-14,19H,3-4,7-10H2,(H2,18,22)(H,20,21);1H. The number of rotatable bonds is 6. The molecule has 0 aromatic heterocycles. The van der Waals surface area contributed by atoms with Gasteiger partial charge in [0.1, 0.15) is 5.75 Å². The van der Waals surface area contributed by atoms with E-state index < -0.39 is 5.91 Å². The normalized spacial score (nSPS) is 24.8. The molecule has 2 fully saturated rings. The summed E-state index contributed by atoms with van der Waals surface area (Å²) in [5, 5.41) is 6.67. The van der Waals surface area contributed by atoms with Gasteiger partial charge in [-0.2, -0.15) is 0 Å². The molecule has 0 spiro atoms. The lowest BCUT2D eigenvalue weighted by molar-refractivity contribution is -0.122. The minimum Gasteiger partial charge on any atom is -0.493 e. The van der Waals surface area contributed by atoms with Crippen LogP contribution in [0.1, 0.15) is 42.5 Å². The van der Waals surface area contributed by atoms with E-state index in [1.54, 1.807) is 24.3 Å². The Hall–Kier alpha value is -1.79. The monoisotopic (exact) mass is 353 g/mol. The number of fused-ring (bicyclic) bond motifs is 2. The summed E-state index contributed by atoms with van der Waals surface area (Å²) in [5.41, 5.74) is 5.62. The number of benzene rings is 1. The molecule has 2 saturated heterocycles. The maximum atomic E-state index is 12.0. The molecule has 3 rings (SSSR count). The first-order chi connectivity index (χ1) is 11.1. The smallest absolute Gasteiger partial charge is 0.248 e. The Labute approximate surface area is 147 Å². The van der Waals surface area contributed by atoms with E-state index in [-0.39, 0.29) is 24.4 Å². The maximum absolute atomic E-state index is 12.0. The van der Waals surface area contributed by atoms with E-state index in [9.17, 15) is 9.59 Å². The number of halogens is 1. The number of amides is 2. The van der Waals surface area contributed by atoms with Crippen molar-refractivity contribution in [1.29, 1.82) is 0 Å². The third kappa shape index (κ3) is 4.85. The zero-order valence-corrected chi connectivity index (χ0v) is 14.3. The average molecular weight is 354 g/mol. The second kappa shape index (κ2) is 8.35. The highest BCUT2D eigenvalue weighted by Crippen LogP contribution is 2.26. The highest BCUT2D eigenvalue weighted by molar-refractivity contribution is 5.92. The van der Waals surface area contributed by atoms with E-state index in [0.29, 0.717) is 36.4 Å². The fourth-order valence-electron chi connectivity index (χ4n) is 3.45. The zero-order chi connectivity index (χ0) is 16.2. The van der Waals surface area contributed by atoms with E-state index in [4.69, 9.17) is 10.5 Å². The van der Waals surface area contributed by atoms with Crippen LogP contribution in [0.5, 0.6) is 5.75 Å². The molecule has 24 heavy (non-hydrogen) atoms. The average Bonchev–Trinajstić information content (AvgIpc) is 2.86. The predicted octanol–water partition coefficient (Wildman–Crippen LogP) is 1.38. The molecular formula is C17H24ClN3O3. The number of hydrogen-bond acceptors (Lipinski definition) is 4. The minimum atomic E-state index is -0.466. The van der Waals surface area contributed by atoms with Crippen molar-refractivity contribution in [2.24, 2.45) is 5.73 Å². The molecule has 2 aliphatic heterocycles. The van der Waals surface area contributed by atoms with Crippen molar-refractivity contribution in [3.8, 4) is 5.75 Å². The number of carbonyl (C=O) groups excluding carboxylic acids is 2. The molecule has 0 saturated carbocycles. The fourth-order valence-corrected chi connectivity index (χ4v) is 3.45. The van der Waals surface area contributed by atoms with Gasteiger partial charge in [-0.25, -0.2) is 0 Å². The Morgan fingerprint density at radius 2 is 1.79 bits per heavy atom. The Morgan fingerprint density at radius 1 is 1.17 bits per heavy atom. The summed E-state index contributed by atoms with van der Waals surface area (Å²) in [6.07, 6.45) is 4.83. The van der Waals surface area contributed by atoms with Gasteiger partial charge in [0.05, 0.1) is 13.0 Å². The van der Waals surface area contributed by atoms with Gasteiger partial charge >= 0.3 is 0 Å². The Morgan fingerprint density at radius 3 is 2.38 bits per heavy atom. The number of ether oxygens (including phenoxy) is 1. The molecule has 6 nitrogen and oxygen atoms in total. The molecule has 1 aromatic rings. The van der Waals surface area contributed by atoms with Gasteiger partial charge in [0.25, 0.3) is 0 Å². The van der Waals surface area contributed by atoms with Crippen molar-refractivity contribution >= 4 is 24.2 Å². The highest BCUT2D eigenvalue weighted by Gasteiger charge is 2.33. The first kappa shape index (κ1) is 18.5. The van der Waals surface area contributed by atoms with Crippen LogP contribution in [0.15, 0.2) is 24.3 Å². The summed E-state index contributed by atoms with van der Waals surface area (Å²) in [5.74, 6) is 0.194. The lowest BCUT2D eigenvalue weighted by Gasteiger charge is -2.29. The van der Waals surface area contributed by atoms with Gasteiger partial charge in [-0.1, -0.05) is 0 Å². The predicted molar refractivity (Wildman–Crippen MR) is 93.4 cm³/mol. The number of carbonyl (C=O) groups is 2. The topological polar surface area (TPSA) is 93.5 Å². The van der Waals surface area contributed by atoms with Gasteiger partial charge < -0.3 is 21.1 Å². The van der Waals surface area contributed by atoms with Crippen molar-refractivity contribution in [3.05, 3.63) is 29.8 Å². The quantitative estimate of drug-likeness (QED) is 0.720. The summed E-state index contributed by atoms with van der Waals surface area (Å²) < 4.78 is 5.53. The van der Waals surface area contributed by atoms with Gasteiger partial charge in [-0.3, -0.25) is 9.59 Å². The summed E-state index contributed by atoms with van der Waals surface area (Å²) in [6.45, 7) is 0.319. The number of nitrogens with two attached hydrogens (primary N) is 1. The molecule has 4 N–H and O–H groups in total. The van der Waals surface area contributed by atoms with Crippen LogP contribution in [-0.2, 0) is 4.79 Å². The lowest BCUT2D eigenvalue weighted by Crippen LogP contribution is -2.48. The van der Waals surface area contributed by atoms with E-state index >= 15 is 0 Å². The first-order valence-corrected chi connectivity index (χ1v) is 8.18. The number of hydrogen-bond donors (Lipinski definition) is 3. The third-order valence-electron chi connectivity index (χ3n) is 4.57. The van der Waals surface area contributed by atoms with Crippen LogP contribution < -0.4 is 21.1 Å². The van der Waals surface area contributed by atoms with Crippen LogP contribution in [-0.4, -0.2) is 36.5 Å². The summed E-state index contributed by atoms with van der Waals surface area (Å²) in [6, 6.07) is 8.02. The fraction of sp³-hybridized carbons (Fsp3) is 0.529. The van der Waals surface area contributed by atoms with Crippen LogP contribution in [0.2, 0.25) is 0 Å². The van der Waals surface area contributed by atoms with Crippen LogP contribution in [0, 0.1) is 0 Å². The van der Waals surface area contributed by atoms with Crippen LogP contribution in [0.4, 0.5) is 0 Å². The molecule has 0 radical (unpaired) electrons. The molecule has 2 atom stereocenters. The summed E-state index contributed by atoms with van der Waals surface area (Å²) in [7, 11) is 0. The Kier molecular flexibility index (Phi) is 6.45. The maximum Gasteiger partial charge on any atom is 0.248 e. The number of nitrogens with one attached hydrogen (secondary N) is 2. The SMILES string of the molecule is Cl.NC(=O)c1ccc(OCCC(=O)NC2CC3CCC(C2)N3)cc1.